The van der Waals surface area contributed by atoms with Crippen LogP contribution in [0.3, 0.4) is 0 Å². The van der Waals surface area contributed by atoms with Gasteiger partial charge in [-0.3, -0.25) is 9.69 Å². The van der Waals surface area contributed by atoms with E-state index >= 15 is 0 Å². The van der Waals surface area contributed by atoms with E-state index < -0.39 is 59.0 Å². The number of amides is 1. The fourth-order valence-corrected chi connectivity index (χ4v) is 5.26. The Morgan fingerprint density at radius 2 is 1.30 bits per heavy atom. The van der Waals surface area contributed by atoms with Crippen molar-refractivity contribution in [3.05, 3.63) is 95.3 Å². The van der Waals surface area contributed by atoms with Gasteiger partial charge >= 0.3 is 18.4 Å². The number of aliphatic hydroxyl groups excluding tert-OH is 1. The number of ether oxygens (including phenoxy) is 1. The minimum Gasteiger partial charge on any atom is -0.444 e. The maximum absolute atomic E-state index is 13.9. The van der Waals surface area contributed by atoms with Gasteiger partial charge in [0.15, 0.2) is 5.78 Å². The van der Waals surface area contributed by atoms with Gasteiger partial charge in [0.1, 0.15) is 35.9 Å². The smallest absolute Gasteiger partial charge is 0.419 e. The number of benzene rings is 2. The molecule has 2 aromatic heterocycles. The fourth-order valence-electron chi connectivity index (χ4n) is 5.26. The average Bonchev–Trinajstić information content (AvgIpc) is 3.47. The topological polar surface area (TPSA) is 144 Å². The number of rotatable bonds is 7. The van der Waals surface area contributed by atoms with Gasteiger partial charge in [0.25, 0.3) is 0 Å². The molecule has 3 N–H and O–H groups in total. The van der Waals surface area contributed by atoms with E-state index in [0.29, 0.717) is 29.2 Å². The summed E-state index contributed by atoms with van der Waals surface area (Å²) in [5.74, 6) is -3.13. The van der Waals surface area contributed by atoms with Crippen molar-refractivity contribution in [1.29, 1.82) is 0 Å². The van der Waals surface area contributed by atoms with E-state index in [-0.39, 0.29) is 67.4 Å². The maximum Gasteiger partial charge on any atom is 0.419 e. The molecule has 0 radical (unpaired) electrons. The number of Topliss-reactive ketones (excluding diaryl/α,β-unsaturated/α-hetero) is 1. The Morgan fingerprint density at radius 1 is 0.815 bits per heavy atom. The second-order valence-corrected chi connectivity index (χ2v) is 12.8. The molecule has 10 nitrogen and oxygen atoms in total. The molecule has 0 spiro atoms. The number of nitrogens with zero attached hydrogens (tertiary/aromatic N) is 5. The Hall–Kier alpha value is -4.81. The molecule has 1 fully saturated rings. The van der Waals surface area contributed by atoms with E-state index in [9.17, 15) is 49.8 Å². The molecule has 1 aliphatic heterocycles. The first-order valence-electron chi connectivity index (χ1n) is 15.9. The van der Waals surface area contributed by atoms with E-state index in [4.69, 9.17) is 10.5 Å². The predicted octanol–water partition coefficient (Wildman–Crippen LogP) is 7.36. The lowest BCUT2D eigenvalue weighted by atomic mass is 10.0. The largest absolute Gasteiger partial charge is 0.444 e. The number of carbonyl (C=O) groups is 2. The molecule has 5 rings (SSSR count). The van der Waals surface area contributed by atoms with Crippen LogP contribution < -0.4 is 5.73 Å². The van der Waals surface area contributed by atoms with Crippen molar-refractivity contribution in [3.8, 4) is 22.5 Å². The molecule has 292 valence electrons. The van der Waals surface area contributed by atoms with Gasteiger partial charge < -0.3 is 15.6 Å². The standard InChI is InChI=1S/C23H25F4N3O4.C12H9F4N3.ClH/c1-22(2,3)34-21(33)30-9-8-19(32)20(30)18(31)7-5-14-11-17(29-12-28-14)13-4-6-15(16(24)10-13)23(25,26)27;13-10-3-7(1-2-9(10)12(14,15)16)11-4-8(5-17)18-6-19-11;/h4,6,10-12,19-20,32H,5,7-9H2,1-3H3;1-4,6H,5,17H2;1H/t19-,20-;;/m1../s1. The van der Waals surface area contributed by atoms with Gasteiger partial charge in [-0.2, -0.15) is 26.3 Å². The first kappa shape index (κ1) is 43.6. The van der Waals surface area contributed by atoms with Crippen molar-refractivity contribution >= 4 is 24.3 Å². The zero-order chi connectivity index (χ0) is 39.3. The third kappa shape index (κ3) is 11.3. The summed E-state index contributed by atoms with van der Waals surface area (Å²) >= 11 is 0. The summed E-state index contributed by atoms with van der Waals surface area (Å²) in [5.41, 5.74) is 3.76. The number of aliphatic hydroxyl groups is 1. The molecule has 3 heterocycles. The van der Waals surface area contributed by atoms with Crippen LogP contribution in [0.25, 0.3) is 22.5 Å². The van der Waals surface area contributed by atoms with Crippen LogP contribution in [-0.2, 0) is 34.8 Å². The fraction of sp³-hybridized carbons (Fsp3) is 0.371. The third-order valence-electron chi connectivity index (χ3n) is 7.75. The number of carbonyl (C=O) groups excluding carboxylic acids is 2. The highest BCUT2D eigenvalue weighted by Crippen LogP contribution is 2.34. The summed E-state index contributed by atoms with van der Waals surface area (Å²) in [5, 5.41) is 10.3. The Morgan fingerprint density at radius 3 is 1.74 bits per heavy atom. The number of hydrogen-bond donors (Lipinski definition) is 2. The highest BCUT2D eigenvalue weighted by atomic mass is 35.5. The lowest BCUT2D eigenvalue weighted by molar-refractivity contribution is -0.140. The summed E-state index contributed by atoms with van der Waals surface area (Å²) < 4.78 is 108. The molecular weight excluding hydrogens is 756 g/mol. The van der Waals surface area contributed by atoms with Crippen LogP contribution in [0.4, 0.5) is 39.9 Å². The van der Waals surface area contributed by atoms with E-state index in [1.54, 1.807) is 20.8 Å². The Balaban J connectivity index is 0.000000332. The van der Waals surface area contributed by atoms with Crippen molar-refractivity contribution in [2.45, 2.75) is 76.7 Å². The van der Waals surface area contributed by atoms with E-state index in [2.05, 4.69) is 19.9 Å². The quantitative estimate of drug-likeness (QED) is 0.184. The van der Waals surface area contributed by atoms with Crippen molar-refractivity contribution < 1.29 is 54.6 Å². The zero-order valence-electron chi connectivity index (χ0n) is 28.9. The second kappa shape index (κ2) is 17.6. The number of likely N-dealkylation sites (tertiary alicyclic amines) is 1. The first-order valence-corrected chi connectivity index (χ1v) is 15.9. The Bertz CT molecular complexity index is 1940. The number of nitrogens with two attached hydrogens (primary N) is 1. The van der Waals surface area contributed by atoms with Crippen molar-refractivity contribution in [2.75, 3.05) is 6.54 Å². The summed E-state index contributed by atoms with van der Waals surface area (Å²) in [6.07, 6.45) is -8.51. The number of aryl methyl sites for hydroxylation is 1. The number of hydrogen-bond acceptors (Lipinski definition) is 9. The highest BCUT2D eigenvalue weighted by Gasteiger charge is 2.42. The van der Waals surface area contributed by atoms with Crippen LogP contribution in [0.2, 0.25) is 0 Å². The summed E-state index contributed by atoms with van der Waals surface area (Å²) in [7, 11) is 0. The molecule has 4 aromatic rings. The van der Waals surface area contributed by atoms with Gasteiger partial charge in [0.2, 0.25) is 0 Å². The van der Waals surface area contributed by atoms with Crippen LogP contribution in [0.15, 0.2) is 61.2 Å². The summed E-state index contributed by atoms with van der Waals surface area (Å²) in [4.78, 5) is 42.2. The van der Waals surface area contributed by atoms with Crippen molar-refractivity contribution in [3.63, 3.8) is 0 Å². The lowest BCUT2D eigenvalue weighted by Gasteiger charge is -2.28. The minimum absolute atomic E-state index is 0. The van der Waals surface area contributed by atoms with Gasteiger partial charge in [-0.15, -0.1) is 12.4 Å². The SMILES string of the molecule is CC(C)(C)OC(=O)N1CC[C@@H](O)[C@H]1C(=O)CCc1cc(-c2ccc(C(F)(F)F)c(F)c2)ncn1.Cl.NCc1cc(-c2ccc(C(F)(F)F)c(F)c2)ncn1. The molecule has 1 amide bonds. The van der Waals surface area contributed by atoms with Crippen LogP contribution >= 0.6 is 12.4 Å². The average molecular weight is 791 g/mol. The first-order chi connectivity index (χ1) is 24.7. The molecule has 54 heavy (non-hydrogen) atoms. The molecule has 1 saturated heterocycles. The minimum atomic E-state index is -4.81. The molecule has 2 aromatic carbocycles. The van der Waals surface area contributed by atoms with Crippen LogP contribution in [0.1, 0.15) is 56.1 Å². The summed E-state index contributed by atoms with van der Waals surface area (Å²) in [6, 6.07) is 7.05. The van der Waals surface area contributed by atoms with Gasteiger partial charge in [0.05, 0.1) is 34.3 Å². The van der Waals surface area contributed by atoms with Crippen LogP contribution in [-0.4, -0.2) is 66.1 Å². The van der Waals surface area contributed by atoms with Crippen LogP contribution in [0.5, 0.6) is 0 Å². The predicted molar refractivity (Wildman–Crippen MR) is 181 cm³/mol. The van der Waals surface area contributed by atoms with Gasteiger partial charge in [-0.05, 0) is 70.0 Å². The zero-order valence-corrected chi connectivity index (χ0v) is 29.7. The molecular formula is C35H35ClF8N6O4. The normalized spacial score (nSPS) is 15.9. The molecule has 0 saturated carbocycles. The molecule has 0 unspecified atom stereocenters. The van der Waals surface area contributed by atoms with E-state index in [1.165, 1.54) is 29.7 Å². The number of halogens is 9. The second-order valence-electron chi connectivity index (χ2n) is 12.8. The van der Waals surface area contributed by atoms with E-state index in [1.807, 2.05) is 0 Å². The van der Waals surface area contributed by atoms with Crippen molar-refractivity contribution in [1.82, 2.24) is 24.8 Å². The number of alkyl halides is 6. The van der Waals surface area contributed by atoms with Crippen molar-refractivity contribution in [2.24, 2.45) is 5.73 Å². The van der Waals surface area contributed by atoms with Gasteiger partial charge in [0, 0.05) is 36.3 Å². The molecule has 2 atom stereocenters. The molecule has 0 aliphatic carbocycles. The number of ketones is 1. The summed E-state index contributed by atoms with van der Waals surface area (Å²) in [6.45, 7) is 5.44. The Kier molecular flexibility index (Phi) is 14.2. The van der Waals surface area contributed by atoms with Gasteiger partial charge in [-0.25, -0.2) is 33.5 Å². The molecule has 19 heteroatoms. The monoisotopic (exact) mass is 790 g/mol. The highest BCUT2D eigenvalue weighted by molar-refractivity contribution is 5.89. The third-order valence-corrected chi connectivity index (χ3v) is 7.75. The van der Waals surface area contributed by atoms with Crippen LogP contribution in [0, 0.1) is 11.6 Å². The lowest BCUT2D eigenvalue weighted by Crippen LogP contribution is -2.47. The Labute approximate surface area is 310 Å². The van der Waals surface area contributed by atoms with Gasteiger partial charge in [-0.1, -0.05) is 12.1 Å². The van der Waals surface area contributed by atoms with E-state index in [0.717, 1.165) is 24.3 Å². The molecule has 0 bridgehead atoms. The number of aromatic nitrogens is 4. The molecule has 1 aliphatic rings. The maximum atomic E-state index is 13.9.